The Morgan fingerprint density at radius 3 is 2.65 bits per heavy atom. The van der Waals surface area contributed by atoms with Gasteiger partial charge in [0.25, 0.3) is 0 Å². The van der Waals surface area contributed by atoms with Crippen LogP contribution in [-0.4, -0.2) is 30.1 Å². The highest BCUT2D eigenvalue weighted by Crippen LogP contribution is 2.22. The van der Waals surface area contributed by atoms with Crippen molar-refractivity contribution in [1.29, 1.82) is 0 Å². The third-order valence-corrected chi connectivity index (χ3v) is 5.81. The van der Waals surface area contributed by atoms with E-state index in [0.717, 1.165) is 16.9 Å². The van der Waals surface area contributed by atoms with E-state index in [4.69, 9.17) is 0 Å². The summed E-state index contributed by atoms with van der Waals surface area (Å²) in [5, 5.41) is 4.42. The van der Waals surface area contributed by atoms with Gasteiger partial charge in [-0.2, -0.15) is 5.10 Å². The van der Waals surface area contributed by atoms with Crippen LogP contribution < -0.4 is 5.69 Å². The Balaban J connectivity index is 1.50. The number of carbonyl (C=O) groups is 1. The first-order chi connectivity index (χ1) is 14.9. The number of aromatic nitrogens is 5. The van der Waals surface area contributed by atoms with Gasteiger partial charge in [-0.3, -0.25) is 9.78 Å². The molecule has 1 aromatic carbocycles. The van der Waals surface area contributed by atoms with Gasteiger partial charge < -0.3 is 0 Å². The summed E-state index contributed by atoms with van der Waals surface area (Å²) in [6.07, 6.45) is 3.16. The Kier molecular flexibility index (Phi) is 5.81. The molecule has 0 atom stereocenters. The Labute approximate surface area is 179 Å². The summed E-state index contributed by atoms with van der Waals surface area (Å²) in [6, 6.07) is 8.35. The Morgan fingerprint density at radius 2 is 1.90 bits per heavy atom. The zero-order valence-corrected chi connectivity index (χ0v) is 17.3. The second-order valence-corrected chi connectivity index (χ2v) is 7.84. The van der Waals surface area contributed by atoms with Crippen LogP contribution >= 0.6 is 11.3 Å². The number of pyridine rings is 1. The summed E-state index contributed by atoms with van der Waals surface area (Å²) in [7, 11) is 0. The van der Waals surface area contributed by atoms with Crippen LogP contribution in [-0.2, 0) is 13.0 Å². The predicted molar refractivity (Wildman–Crippen MR) is 111 cm³/mol. The molecule has 31 heavy (non-hydrogen) atoms. The summed E-state index contributed by atoms with van der Waals surface area (Å²) < 4.78 is 28.8. The minimum absolute atomic E-state index is 0.150. The second kappa shape index (κ2) is 8.68. The lowest BCUT2D eigenvalue weighted by Gasteiger charge is -2.00. The molecule has 7 nitrogen and oxygen atoms in total. The molecular weight excluding hydrogens is 424 g/mol. The third-order valence-electron chi connectivity index (χ3n) is 4.61. The summed E-state index contributed by atoms with van der Waals surface area (Å²) in [5.41, 5.74) is 1.32. The monoisotopic (exact) mass is 441 g/mol. The van der Waals surface area contributed by atoms with Crippen molar-refractivity contribution in [2.75, 3.05) is 0 Å². The fraction of sp³-hybridized carbons (Fsp3) is 0.190. The first-order valence-corrected chi connectivity index (χ1v) is 10.2. The summed E-state index contributed by atoms with van der Waals surface area (Å²) in [4.78, 5) is 34.2. The maximum absolute atomic E-state index is 13.3. The molecule has 0 fully saturated rings. The molecule has 0 aliphatic carbocycles. The SMILES string of the molecule is Cc1nc(-n2cnn(Cc3ccc(F)cc3)c2=O)sc1C(=O)CCc1cc(F)ccn1. The molecule has 0 unspecified atom stereocenters. The molecule has 0 aliphatic heterocycles. The second-order valence-electron chi connectivity index (χ2n) is 6.87. The van der Waals surface area contributed by atoms with E-state index >= 15 is 0 Å². The smallest absolute Gasteiger partial charge is 0.293 e. The molecule has 3 aromatic heterocycles. The molecule has 4 rings (SSSR count). The molecule has 0 aliphatic rings. The highest BCUT2D eigenvalue weighted by molar-refractivity contribution is 7.16. The van der Waals surface area contributed by atoms with Gasteiger partial charge in [-0.15, -0.1) is 0 Å². The van der Waals surface area contributed by atoms with Gasteiger partial charge in [-0.1, -0.05) is 23.5 Å². The first-order valence-electron chi connectivity index (χ1n) is 9.41. The number of rotatable bonds is 7. The van der Waals surface area contributed by atoms with Gasteiger partial charge in [-0.25, -0.2) is 27.8 Å². The number of aryl methyl sites for hydroxylation is 2. The van der Waals surface area contributed by atoms with E-state index in [1.54, 1.807) is 19.1 Å². The van der Waals surface area contributed by atoms with Gasteiger partial charge in [0.1, 0.15) is 18.0 Å². The van der Waals surface area contributed by atoms with Crippen molar-refractivity contribution in [2.45, 2.75) is 26.3 Å². The van der Waals surface area contributed by atoms with Gasteiger partial charge in [0.05, 0.1) is 17.1 Å². The van der Waals surface area contributed by atoms with Gasteiger partial charge >= 0.3 is 5.69 Å². The van der Waals surface area contributed by atoms with Gasteiger partial charge in [0, 0.05) is 18.3 Å². The molecule has 0 bridgehead atoms. The molecule has 158 valence electrons. The number of ketones is 1. The lowest BCUT2D eigenvalue weighted by molar-refractivity contribution is 0.0985. The average molecular weight is 441 g/mol. The zero-order valence-electron chi connectivity index (χ0n) is 16.5. The Morgan fingerprint density at radius 1 is 1.13 bits per heavy atom. The molecule has 0 spiro atoms. The van der Waals surface area contributed by atoms with Crippen LogP contribution in [0.1, 0.15) is 33.0 Å². The average Bonchev–Trinajstić information content (AvgIpc) is 3.30. The van der Waals surface area contributed by atoms with E-state index in [-0.39, 0.29) is 24.6 Å². The summed E-state index contributed by atoms with van der Waals surface area (Å²) >= 11 is 1.10. The van der Waals surface area contributed by atoms with Crippen molar-refractivity contribution < 1.29 is 13.6 Å². The number of hydrogen-bond acceptors (Lipinski definition) is 6. The van der Waals surface area contributed by atoms with Crippen LogP contribution in [0.15, 0.2) is 53.7 Å². The fourth-order valence-electron chi connectivity index (χ4n) is 3.02. The minimum Gasteiger partial charge on any atom is -0.293 e. The van der Waals surface area contributed by atoms with Crippen molar-refractivity contribution in [3.63, 3.8) is 0 Å². The van der Waals surface area contributed by atoms with Crippen LogP contribution in [0, 0.1) is 18.6 Å². The van der Waals surface area contributed by atoms with E-state index in [9.17, 15) is 18.4 Å². The molecule has 4 aromatic rings. The fourth-order valence-corrected chi connectivity index (χ4v) is 4.02. The number of benzene rings is 1. The van der Waals surface area contributed by atoms with E-state index < -0.39 is 11.5 Å². The van der Waals surface area contributed by atoms with Crippen LogP contribution in [0.3, 0.4) is 0 Å². The highest BCUT2D eigenvalue weighted by atomic mass is 32.1. The normalized spacial score (nSPS) is 11.1. The summed E-state index contributed by atoms with van der Waals surface area (Å²) in [5.74, 6) is -0.907. The van der Waals surface area contributed by atoms with E-state index in [0.29, 0.717) is 27.8 Å². The van der Waals surface area contributed by atoms with Crippen LogP contribution in [0.25, 0.3) is 5.13 Å². The number of thiazole rings is 1. The van der Waals surface area contributed by atoms with Crippen molar-refractivity contribution in [2.24, 2.45) is 0 Å². The topological polar surface area (TPSA) is 82.7 Å². The molecule has 3 heterocycles. The zero-order chi connectivity index (χ0) is 22.0. The van der Waals surface area contributed by atoms with Crippen LogP contribution in [0.4, 0.5) is 8.78 Å². The lowest BCUT2D eigenvalue weighted by atomic mass is 10.1. The molecule has 10 heteroatoms. The molecular formula is C21H17F2N5O2S. The van der Waals surface area contributed by atoms with Crippen molar-refractivity contribution in [3.05, 3.63) is 92.9 Å². The molecule has 0 saturated carbocycles. The van der Waals surface area contributed by atoms with Crippen molar-refractivity contribution >= 4 is 17.1 Å². The number of nitrogens with zero attached hydrogens (tertiary/aromatic N) is 5. The standard InChI is InChI=1S/C21H17F2N5O2S/c1-13-19(18(29)7-6-17-10-16(23)8-9-24-17)31-20(26-13)27-12-25-28(21(27)30)11-14-2-4-15(22)5-3-14/h2-5,8-10,12H,6-7,11H2,1H3. The number of halogens is 2. The van der Waals surface area contributed by atoms with E-state index in [1.165, 1.54) is 46.0 Å². The number of carbonyl (C=O) groups excluding carboxylic acids is 1. The van der Waals surface area contributed by atoms with Crippen LogP contribution in [0.5, 0.6) is 0 Å². The molecule has 0 amide bonds. The lowest BCUT2D eigenvalue weighted by Crippen LogP contribution is -2.24. The molecule has 0 radical (unpaired) electrons. The van der Waals surface area contributed by atoms with E-state index in [1.807, 2.05) is 0 Å². The molecule has 0 saturated heterocycles. The Hall–Kier alpha value is -3.53. The molecule has 0 N–H and O–H groups in total. The predicted octanol–water partition coefficient (Wildman–Crippen LogP) is 3.34. The maximum Gasteiger partial charge on any atom is 0.352 e. The largest absolute Gasteiger partial charge is 0.352 e. The summed E-state index contributed by atoms with van der Waals surface area (Å²) in [6.45, 7) is 1.88. The van der Waals surface area contributed by atoms with Crippen LogP contribution in [0.2, 0.25) is 0 Å². The van der Waals surface area contributed by atoms with E-state index in [2.05, 4.69) is 15.1 Å². The van der Waals surface area contributed by atoms with Gasteiger partial charge in [-0.05, 0) is 43.2 Å². The third kappa shape index (κ3) is 4.64. The minimum atomic E-state index is -0.416. The number of Topliss-reactive ketones (excluding diaryl/α,β-unsaturated/α-hetero) is 1. The van der Waals surface area contributed by atoms with Crippen molar-refractivity contribution in [1.82, 2.24) is 24.3 Å². The van der Waals surface area contributed by atoms with Gasteiger partial charge in [0.2, 0.25) is 0 Å². The van der Waals surface area contributed by atoms with Crippen molar-refractivity contribution in [3.8, 4) is 5.13 Å². The quantitative estimate of drug-likeness (QED) is 0.411. The maximum atomic E-state index is 13.3. The van der Waals surface area contributed by atoms with Gasteiger partial charge in [0.15, 0.2) is 10.9 Å². The number of hydrogen-bond donors (Lipinski definition) is 0. The Bertz CT molecular complexity index is 1290. The first kappa shape index (κ1) is 20.7. The highest BCUT2D eigenvalue weighted by Gasteiger charge is 2.18.